The first-order chi connectivity index (χ1) is 9.88. The monoisotopic (exact) mass is 283 g/mol. The Labute approximate surface area is 122 Å². The van der Waals surface area contributed by atoms with Crippen LogP contribution in [0.4, 0.5) is 0 Å². The van der Waals surface area contributed by atoms with Crippen LogP contribution in [0.5, 0.6) is 0 Å². The molecule has 0 bridgehead atoms. The summed E-state index contributed by atoms with van der Waals surface area (Å²) < 4.78 is 11.0. The highest BCUT2D eigenvalue weighted by atomic mass is 16.5. The predicted molar refractivity (Wildman–Crippen MR) is 81.1 cm³/mol. The average Bonchev–Trinajstić information content (AvgIpc) is 3.14. The predicted octanol–water partition coefficient (Wildman–Crippen LogP) is 1.39. The molecule has 2 fully saturated rings. The molecule has 1 atom stereocenters. The minimum atomic E-state index is 0.611. The van der Waals surface area contributed by atoms with Gasteiger partial charge in [-0.2, -0.15) is 0 Å². The average molecular weight is 283 g/mol. The van der Waals surface area contributed by atoms with Gasteiger partial charge in [0.2, 0.25) is 0 Å². The second-order valence-corrected chi connectivity index (χ2v) is 5.82. The van der Waals surface area contributed by atoms with E-state index < -0.39 is 0 Å². The molecule has 1 unspecified atom stereocenters. The third-order valence-electron chi connectivity index (χ3n) is 3.90. The van der Waals surface area contributed by atoms with Crippen LogP contribution in [0.15, 0.2) is 4.99 Å². The van der Waals surface area contributed by atoms with Crippen molar-refractivity contribution in [1.82, 2.24) is 10.6 Å². The second kappa shape index (κ2) is 9.19. The molecule has 20 heavy (non-hydrogen) atoms. The van der Waals surface area contributed by atoms with Crippen LogP contribution < -0.4 is 10.6 Å². The summed E-state index contributed by atoms with van der Waals surface area (Å²) in [5, 5.41) is 6.68. The van der Waals surface area contributed by atoms with E-state index in [0.717, 1.165) is 64.2 Å². The maximum Gasteiger partial charge on any atom is 0.190 e. The standard InChI is InChI=1S/C15H29N3O2/c1-16-15(18-8-5-13-3-4-13)17-7-2-9-19-11-14-6-10-20-12-14/h13-14H,2-12H2,1H3,(H2,16,17,18). The summed E-state index contributed by atoms with van der Waals surface area (Å²) in [6.45, 7) is 5.36. The zero-order valence-corrected chi connectivity index (χ0v) is 12.7. The van der Waals surface area contributed by atoms with E-state index in [0.29, 0.717) is 5.92 Å². The van der Waals surface area contributed by atoms with Gasteiger partial charge in [-0.25, -0.2) is 0 Å². The molecule has 1 saturated heterocycles. The normalized spacial score (nSPS) is 23.1. The molecule has 2 aliphatic rings. The van der Waals surface area contributed by atoms with Gasteiger partial charge in [0.05, 0.1) is 13.2 Å². The van der Waals surface area contributed by atoms with Crippen LogP contribution in [0.2, 0.25) is 0 Å². The molecule has 0 aromatic carbocycles. The Balaban J connectivity index is 1.40. The number of hydrogen-bond acceptors (Lipinski definition) is 3. The summed E-state index contributed by atoms with van der Waals surface area (Å²) >= 11 is 0. The number of ether oxygens (including phenoxy) is 2. The van der Waals surface area contributed by atoms with E-state index in [1.165, 1.54) is 19.3 Å². The van der Waals surface area contributed by atoms with E-state index in [2.05, 4.69) is 15.6 Å². The van der Waals surface area contributed by atoms with Crippen LogP contribution in [0, 0.1) is 11.8 Å². The van der Waals surface area contributed by atoms with Gasteiger partial charge >= 0.3 is 0 Å². The minimum Gasteiger partial charge on any atom is -0.381 e. The van der Waals surface area contributed by atoms with Crippen molar-refractivity contribution in [1.29, 1.82) is 0 Å². The summed E-state index contributed by atoms with van der Waals surface area (Å²) in [5.41, 5.74) is 0. The molecule has 1 saturated carbocycles. The molecule has 2 rings (SSSR count). The minimum absolute atomic E-state index is 0.611. The molecular formula is C15H29N3O2. The number of nitrogens with zero attached hydrogens (tertiary/aromatic N) is 1. The SMILES string of the molecule is CN=C(NCCCOCC1CCOC1)NCCC1CC1. The van der Waals surface area contributed by atoms with Crippen LogP contribution in [-0.4, -0.2) is 52.5 Å². The first-order valence-corrected chi connectivity index (χ1v) is 7.98. The highest BCUT2D eigenvalue weighted by Gasteiger charge is 2.20. The van der Waals surface area contributed by atoms with Crippen molar-refractivity contribution in [2.75, 3.05) is 46.6 Å². The van der Waals surface area contributed by atoms with Crippen molar-refractivity contribution < 1.29 is 9.47 Å². The fourth-order valence-corrected chi connectivity index (χ4v) is 2.37. The lowest BCUT2D eigenvalue weighted by atomic mass is 10.1. The van der Waals surface area contributed by atoms with Gasteiger partial charge in [0.25, 0.3) is 0 Å². The molecule has 5 nitrogen and oxygen atoms in total. The van der Waals surface area contributed by atoms with E-state index in [1.54, 1.807) is 0 Å². The molecule has 1 aliphatic carbocycles. The molecule has 2 N–H and O–H groups in total. The van der Waals surface area contributed by atoms with Crippen LogP contribution in [0.3, 0.4) is 0 Å². The Hall–Kier alpha value is -0.810. The highest BCUT2D eigenvalue weighted by Crippen LogP contribution is 2.31. The van der Waals surface area contributed by atoms with Crippen molar-refractivity contribution >= 4 is 5.96 Å². The van der Waals surface area contributed by atoms with Gasteiger partial charge < -0.3 is 20.1 Å². The number of aliphatic imine (C=N–C) groups is 1. The van der Waals surface area contributed by atoms with Gasteiger partial charge in [0.1, 0.15) is 0 Å². The first kappa shape index (κ1) is 15.6. The first-order valence-electron chi connectivity index (χ1n) is 7.98. The maximum absolute atomic E-state index is 5.67. The van der Waals surface area contributed by atoms with Crippen LogP contribution in [0.1, 0.15) is 32.1 Å². The topological polar surface area (TPSA) is 54.9 Å². The molecule has 0 radical (unpaired) electrons. The fraction of sp³-hybridized carbons (Fsp3) is 0.933. The van der Waals surface area contributed by atoms with E-state index in [4.69, 9.17) is 9.47 Å². The number of guanidine groups is 1. The third kappa shape index (κ3) is 6.57. The van der Waals surface area contributed by atoms with Gasteiger partial charge in [-0.1, -0.05) is 12.8 Å². The maximum atomic E-state index is 5.67. The molecule has 5 heteroatoms. The number of nitrogens with one attached hydrogen (secondary N) is 2. The van der Waals surface area contributed by atoms with Crippen LogP contribution in [-0.2, 0) is 9.47 Å². The molecular weight excluding hydrogens is 254 g/mol. The summed E-state index contributed by atoms with van der Waals surface area (Å²) in [7, 11) is 1.82. The van der Waals surface area contributed by atoms with Gasteiger partial charge in [-0.3, -0.25) is 4.99 Å². The van der Waals surface area contributed by atoms with Gasteiger partial charge in [0.15, 0.2) is 5.96 Å². The lowest BCUT2D eigenvalue weighted by molar-refractivity contribution is 0.0888. The highest BCUT2D eigenvalue weighted by molar-refractivity contribution is 5.79. The largest absolute Gasteiger partial charge is 0.381 e. The van der Waals surface area contributed by atoms with E-state index >= 15 is 0 Å². The van der Waals surface area contributed by atoms with Crippen molar-refractivity contribution in [2.45, 2.75) is 32.1 Å². The fourth-order valence-electron chi connectivity index (χ4n) is 2.37. The van der Waals surface area contributed by atoms with Gasteiger partial charge in [-0.05, 0) is 25.2 Å². The lowest BCUT2D eigenvalue weighted by Gasteiger charge is -2.12. The molecule has 1 aliphatic heterocycles. The van der Waals surface area contributed by atoms with E-state index in [-0.39, 0.29) is 0 Å². The quantitative estimate of drug-likeness (QED) is 0.381. The van der Waals surface area contributed by atoms with Gasteiger partial charge in [0, 0.05) is 39.3 Å². The summed E-state index contributed by atoms with van der Waals surface area (Å²) in [6, 6.07) is 0. The van der Waals surface area contributed by atoms with Crippen molar-refractivity contribution in [3.63, 3.8) is 0 Å². The van der Waals surface area contributed by atoms with E-state index in [9.17, 15) is 0 Å². The zero-order valence-electron chi connectivity index (χ0n) is 12.7. The summed E-state index contributed by atoms with van der Waals surface area (Å²) in [4.78, 5) is 4.22. The second-order valence-electron chi connectivity index (χ2n) is 5.82. The molecule has 116 valence electrons. The summed E-state index contributed by atoms with van der Waals surface area (Å²) in [6.07, 6.45) is 6.26. The Morgan fingerprint density at radius 1 is 1.20 bits per heavy atom. The van der Waals surface area contributed by atoms with Crippen molar-refractivity contribution in [3.05, 3.63) is 0 Å². The molecule has 0 spiro atoms. The Bertz CT molecular complexity index is 287. The molecule has 0 amide bonds. The lowest BCUT2D eigenvalue weighted by Crippen LogP contribution is -2.38. The molecule has 0 aromatic rings. The van der Waals surface area contributed by atoms with Crippen LogP contribution >= 0.6 is 0 Å². The third-order valence-corrected chi connectivity index (χ3v) is 3.90. The smallest absolute Gasteiger partial charge is 0.190 e. The van der Waals surface area contributed by atoms with E-state index in [1.807, 2.05) is 7.05 Å². The Morgan fingerprint density at radius 2 is 2.05 bits per heavy atom. The molecule has 1 heterocycles. The Kier molecular flexibility index (Phi) is 7.15. The number of hydrogen-bond donors (Lipinski definition) is 2. The molecule has 0 aromatic heterocycles. The summed E-state index contributed by atoms with van der Waals surface area (Å²) in [5.74, 6) is 2.49. The van der Waals surface area contributed by atoms with Gasteiger partial charge in [-0.15, -0.1) is 0 Å². The van der Waals surface area contributed by atoms with Crippen molar-refractivity contribution in [2.24, 2.45) is 16.8 Å². The number of rotatable bonds is 9. The Morgan fingerprint density at radius 3 is 2.75 bits per heavy atom. The zero-order chi connectivity index (χ0) is 14.0. The van der Waals surface area contributed by atoms with Crippen LogP contribution in [0.25, 0.3) is 0 Å². The van der Waals surface area contributed by atoms with Crippen molar-refractivity contribution in [3.8, 4) is 0 Å².